The van der Waals surface area contributed by atoms with Gasteiger partial charge in [-0.1, -0.05) is 12.1 Å². The maximum absolute atomic E-state index is 13.3. The summed E-state index contributed by atoms with van der Waals surface area (Å²) < 4.78 is 39.8. The molecule has 3 N–H and O–H groups in total. The van der Waals surface area contributed by atoms with Gasteiger partial charge in [-0.2, -0.15) is 13.2 Å². The van der Waals surface area contributed by atoms with Crippen molar-refractivity contribution in [1.82, 2.24) is 0 Å². The minimum atomic E-state index is -4.64. The molecule has 0 fully saturated rings. The minimum absolute atomic E-state index is 0.0280. The molecule has 0 radical (unpaired) electrons. The molecule has 0 unspecified atom stereocenters. The standard InChI is InChI=1S/C19H20F3N3O2/c1-11-5-4-6-16(12(11)2)25-18(27)10-23-17-8-7-14(24-13(3)26)9-15(17)19(20,21)22/h4-9,23H,10H2,1-3H3,(H,24,26)(H,25,27). The van der Waals surface area contributed by atoms with Crippen LogP contribution in [0.1, 0.15) is 23.6 Å². The van der Waals surface area contributed by atoms with E-state index in [1.165, 1.54) is 19.1 Å². The molecule has 144 valence electrons. The molecule has 8 heteroatoms. The van der Waals surface area contributed by atoms with Crippen molar-refractivity contribution in [2.75, 3.05) is 22.5 Å². The van der Waals surface area contributed by atoms with E-state index in [4.69, 9.17) is 0 Å². The third-order valence-electron chi connectivity index (χ3n) is 3.96. The van der Waals surface area contributed by atoms with Crippen LogP contribution in [0.3, 0.4) is 0 Å². The van der Waals surface area contributed by atoms with Gasteiger partial charge in [0.1, 0.15) is 0 Å². The third kappa shape index (κ3) is 5.47. The third-order valence-corrected chi connectivity index (χ3v) is 3.96. The molecule has 0 saturated carbocycles. The van der Waals surface area contributed by atoms with Crippen molar-refractivity contribution in [1.29, 1.82) is 0 Å². The lowest BCUT2D eigenvalue weighted by Crippen LogP contribution is -2.23. The summed E-state index contributed by atoms with van der Waals surface area (Å²) >= 11 is 0. The molecular formula is C19H20F3N3O2. The van der Waals surface area contributed by atoms with Crippen molar-refractivity contribution in [3.8, 4) is 0 Å². The number of halogens is 3. The molecule has 0 aliphatic carbocycles. The summed E-state index contributed by atoms with van der Waals surface area (Å²) in [6.07, 6.45) is -4.64. The Morgan fingerprint density at radius 1 is 1.00 bits per heavy atom. The van der Waals surface area contributed by atoms with E-state index in [-0.39, 0.29) is 17.9 Å². The highest BCUT2D eigenvalue weighted by Gasteiger charge is 2.34. The molecule has 27 heavy (non-hydrogen) atoms. The van der Waals surface area contributed by atoms with E-state index in [1.54, 1.807) is 12.1 Å². The molecule has 0 saturated heterocycles. The average Bonchev–Trinajstić information content (AvgIpc) is 2.56. The van der Waals surface area contributed by atoms with Gasteiger partial charge in [0.15, 0.2) is 0 Å². The quantitative estimate of drug-likeness (QED) is 0.724. The number of carbonyl (C=O) groups excluding carboxylic acids is 2. The number of aryl methyl sites for hydroxylation is 1. The molecule has 0 spiro atoms. The zero-order valence-electron chi connectivity index (χ0n) is 15.1. The highest BCUT2D eigenvalue weighted by atomic mass is 19.4. The highest BCUT2D eigenvalue weighted by molar-refractivity contribution is 5.95. The minimum Gasteiger partial charge on any atom is -0.376 e. The first kappa shape index (κ1) is 20.3. The van der Waals surface area contributed by atoms with Gasteiger partial charge in [0.05, 0.1) is 12.1 Å². The molecule has 2 aromatic rings. The van der Waals surface area contributed by atoms with Crippen LogP contribution >= 0.6 is 0 Å². The zero-order chi connectivity index (χ0) is 20.2. The normalized spacial score (nSPS) is 11.0. The molecule has 2 amide bonds. The molecule has 2 aromatic carbocycles. The van der Waals surface area contributed by atoms with Gasteiger partial charge >= 0.3 is 6.18 Å². The van der Waals surface area contributed by atoms with E-state index < -0.39 is 23.6 Å². The van der Waals surface area contributed by atoms with Crippen LogP contribution in [-0.4, -0.2) is 18.4 Å². The zero-order valence-corrected chi connectivity index (χ0v) is 15.1. The van der Waals surface area contributed by atoms with E-state index in [9.17, 15) is 22.8 Å². The second-order valence-electron chi connectivity index (χ2n) is 6.09. The fraction of sp³-hybridized carbons (Fsp3) is 0.263. The van der Waals surface area contributed by atoms with Crippen molar-refractivity contribution >= 4 is 28.9 Å². The Morgan fingerprint density at radius 2 is 1.70 bits per heavy atom. The largest absolute Gasteiger partial charge is 0.418 e. The van der Waals surface area contributed by atoms with Crippen LogP contribution in [0.25, 0.3) is 0 Å². The van der Waals surface area contributed by atoms with Gasteiger partial charge in [-0.25, -0.2) is 0 Å². The molecule has 2 rings (SSSR count). The lowest BCUT2D eigenvalue weighted by atomic mass is 10.1. The first-order valence-electron chi connectivity index (χ1n) is 8.16. The predicted molar refractivity (Wildman–Crippen MR) is 98.8 cm³/mol. The summed E-state index contributed by atoms with van der Waals surface area (Å²) in [7, 11) is 0. The van der Waals surface area contributed by atoms with Crippen molar-refractivity contribution in [3.05, 3.63) is 53.1 Å². The molecule has 0 bridgehead atoms. The Kier molecular flexibility index (Phi) is 6.09. The van der Waals surface area contributed by atoms with Crippen molar-refractivity contribution in [2.24, 2.45) is 0 Å². The first-order valence-corrected chi connectivity index (χ1v) is 8.16. The van der Waals surface area contributed by atoms with E-state index in [0.29, 0.717) is 5.69 Å². The van der Waals surface area contributed by atoms with Crippen molar-refractivity contribution < 1.29 is 22.8 Å². The van der Waals surface area contributed by atoms with Crippen molar-refractivity contribution in [3.63, 3.8) is 0 Å². The van der Waals surface area contributed by atoms with Gasteiger partial charge in [0.2, 0.25) is 11.8 Å². The highest BCUT2D eigenvalue weighted by Crippen LogP contribution is 2.36. The van der Waals surface area contributed by atoms with Crippen molar-refractivity contribution in [2.45, 2.75) is 26.9 Å². The molecule has 0 aromatic heterocycles. The van der Waals surface area contributed by atoms with E-state index in [0.717, 1.165) is 17.2 Å². The number of anilines is 3. The second-order valence-corrected chi connectivity index (χ2v) is 6.09. The van der Waals surface area contributed by atoms with Crippen LogP contribution in [0.2, 0.25) is 0 Å². The van der Waals surface area contributed by atoms with Crippen LogP contribution in [0.5, 0.6) is 0 Å². The topological polar surface area (TPSA) is 70.2 Å². The Bertz CT molecular complexity index is 864. The molecule has 0 atom stereocenters. The van der Waals surface area contributed by atoms with Gasteiger partial charge in [0, 0.05) is 24.0 Å². The van der Waals surface area contributed by atoms with Crippen LogP contribution < -0.4 is 16.0 Å². The number of hydrogen-bond donors (Lipinski definition) is 3. The summed E-state index contributed by atoms with van der Waals surface area (Å²) in [4.78, 5) is 23.1. The average molecular weight is 379 g/mol. The fourth-order valence-electron chi connectivity index (χ4n) is 2.47. The number of rotatable bonds is 5. The first-order chi connectivity index (χ1) is 12.6. The van der Waals surface area contributed by atoms with Crippen LogP contribution in [0.15, 0.2) is 36.4 Å². The number of benzene rings is 2. The number of carbonyl (C=O) groups is 2. The summed E-state index contributed by atoms with van der Waals surface area (Å²) in [6, 6.07) is 8.75. The Morgan fingerprint density at radius 3 is 2.33 bits per heavy atom. The molecule has 0 aliphatic heterocycles. The molecule has 5 nitrogen and oxygen atoms in total. The Balaban J connectivity index is 2.13. The SMILES string of the molecule is CC(=O)Nc1ccc(NCC(=O)Nc2cccc(C)c2C)c(C(F)(F)F)c1. The van der Waals surface area contributed by atoms with E-state index in [2.05, 4.69) is 16.0 Å². The summed E-state index contributed by atoms with van der Waals surface area (Å²) in [6.45, 7) is 4.61. The number of alkyl halides is 3. The number of hydrogen-bond acceptors (Lipinski definition) is 3. The molecule has 0 heterocycles. The van der Waals surface area contributed by atoms with E-state index in [1.807, 2.05) is 19.9 Å². The predicted octanol–water partition coefficient (Wildman–Crippen LogP) is 4.33. The van der Waals surface area contributed by atoms with Gasteiger partial charge in [-0.3, -0.25) is 9.59 Å². The Hall–Kier alpha value is -3.03. The maximum Gasteiger partial charge on any atom is 0.418 e. The van der Waals surface area contributed by atoms with Crippen LogP contribution in [0.4, 0.5) is 30.2 Å². The number of nitrogens with one attached hydrogen (secondary N) is 3. The summed E-state index contributed by atoms with van der Waals surface area (Å²) in [5, 5.41) is 7.49. The lowest BCUT2D eigenvalue weighted by molar-refractivity contribution is -0.137. The summed E-state index contributed by atoms with van der Waals surface area (Å²) in [5.41, 5.74) is 1.32. The smallest absolute Gasteiger partial charge is 0.376 e. The van der Waals surface area contributed by atoms with Crippen LogP contribution in [0, 0.1) is 13.8 Å². The maximum atomic E-state index is 13.3. The fourth-order valence-corrected chi connectivity index (χ4v) is 2.47. The molecule has 0 aliphatic rings. The lowest BCUT2D eigenvalue weighted by Gasteiger charge is -2.16. The van der Waals surface area contributed by atoms with Gasteiger partial charge < -0.3 is 16.0 Å². The van der Waals surface area contributed by atoms with Gasteiger partial charge in [-0.05, 0) is 49.2 Å². The summed E-state index contributed by atoms with van der Waals surface area (Å²) in [5.74, 6) is -0.945. The second kappa shape index (κ2) is 8.11. The Labute approximate surface area is 155 Å². The monoisotopic (exact) mass is 379 g/mol. The van der Waals surface area contributed by atoms with Gasteiger partial charge in [0.25, 0.3) is 0 Å². The van der Waals surface area contributed by atoms with E-state index >= 15 is 0 Å². The van der Waals surface area contributed by atoms with Gasteiger partial charge in [-0.15, -0.1) is 0 Å². The number of amides is 2. The molecular weight excluding hydrogens is 359 g/mol. The van der Waals surface area contributed by atoms with Crippen LogP contribution in [-0.2, 0) is 15.8 Å².